The first kappa shape index (κ1) is 23.6. The van der Waals surface area contributed by atoms with Gasteiger partial charge in [-0.3, -0.25) is 9.59 Å². The Bertz CT molecular complexity index is 960. The SMILES string of the molecule is O=C(Nc1cc(C(F)(F)F)cc(C(F)(F)F)c1)C1CCN(C(=O)c2ccc(F)cc2)CC1. The number of nitrogens with zero attached hydrogens (tertiary/aromatic N) is 1. The summed E-state index contributed by atoms with van der Waals surface area (Å²) in [5, 5.41) is 2.13. The van der Waals surface area contributed by atoms with Gasteiger partial charge in [-0.25, -0.2) is 4.39 Å². The molecule has 0 aliphatic carbocycles. The topological polar surface area (TPSA) is 49.4 Å². The molecule has 1 N–H and O–H groups in total. The van der Waals surface area contributed by atoms with Crippen molar-refractivity contribution in [2.75, 3.05) is 18.4 Å². The molecule has 4 nitrogen and oxygen atoms in total. The minimum atomic E-state index is -5.02. The molecule has 0 saturated carbocycles. The van der Waals surface area contributed by atoms with Gasteiger partial charge < -0.3 is 10.2 Å². The van der Waals surface area contributed by atoms with Gasteiger partial charge in [0, 0.05) is 30.3 Å². The van der Waals surface area contributed by atoms with Crippen molar-refractivity contribution in [2.24, 2.45) is 5.92 Å². The molecule has 0 radical (unpaired) electrons. The number of halogens is 7. The van der Waals surface area contributed by atoms with E-state index in [1.54, 1.807) is 0 Å². The number of carbonyl (C=O) groups excluding carboxylic acids is 2. The van der Waals surface area contributed by atoms with Crippen LogP contribution in [-0.2, 0) is 17.1 Å². The summed E-state index contributed by atoms with van der Waals surface area (Å²) in [5.74, 6) is -2.29. The van der Waals surface area contributed by atoms with E-state index >= 15 is 0 Å². The summed E-state index contributed by atoms with van der Waals surface area (Å²) in [4.78, 5) is 26.3. The molecule has 2 amide bonds. The number of nitrogens with one attached hydrogen (secondary N) is 1. The molecule has 0 spiro atoms. The molecule has 3 rings (SSSR count). The minimum Gasteiger partial charge on any atom is -0.339 e. The summed E-state index contributed by atoms with van der Waals surface area (Å²) in [6.45, 7) is 0.315. The maximum atomic E-state index is 13.0. The Morgan fingerprint density at radius 2 is 1.34 bits per heavy atom. The van der Waals surface area contributed by atoms with Gasteiger partial charge in [0.1, 0.15) is 5.82 Å². The molecule has 1 aliphatic rings. The molecule has 0 atom stereocenters. The Morgan fingerprint density at radius 1 is 0.844 bits per heavy atom. The van der Waals surface area contributed by atoms with Crippen LogP contribution in [0, 0.1) is 11.7 Å². The van der Waals surface area contributed by atoms with Crippen LogP contribution in [0.25, 0.3) is 0 Å². The number of hydrogen-bond donors (Lipinski definition) is 1. The van der Waals surface area contributed by atoms with E-state index in [1.807, 2.05) is 0 Å². The highest BCUT2D eigenvalue weighted by Crippen LogP contribution is 2.37. The van der Waals surface area contributed by atoms with Crippen LogP contribution in [-0.4, -0.2) is 29.8 Å². The summed E-state index contributed by atoms with van der Waals surface area (Å²) in [7, 11) is 0. The quantitative estimate of drug-likeness (QED) is 0.625. The van der Waals surface area contributed by atoms with E-state index in [0.717, 1.165) is 12.1 Å². The molecule has 2 aromatic carbocycles. The largest absolute Gasteiger partial charge is 0.416 e. The highest BCUT2D eigenvalue weighted by Gasteiger charge is 2.37. The maximum absolute atomic E-state index is 13.0. The van der Waals surface area contributed by atoms with E-state index in [0.29, 0.717) is 12.1 Å². The van der Waals surface area contributed by atoms with Gasteiger partial charge in [0.15, 0.2) is 0 Å². The summed E-state index contributed by atoms with van der Waals surface area (Å²) >= 11 is 0. The number of amides is 2. The van der Waals surface area contributed by atoms with Crippen molar-refractivity contribution in [3.63, 3.8) is 0 Å². The molecule has 172 valence electrons. The second-order valence-corrected chi connectivity index (χ2v) is 7.36. The second kappa shape index (κ2) is 8.79. The first-order chi connectivity index (χ1) is 14.8. The highest BCUT2D eigenvalue weighted by molar-refractivity contribution is 5.95. The van der Waals surface area contributed by atoms with Crippen molar-refractivity contribution >= 4 is 17.5 Å². The third-order valence-electron chi connectivity index (χ3n) is 5.10. The predicted molar refractivity (Wildman–Crippen MR) is 100 cm³/mol. The van der Waals surface area contributed by atoms with Crippen LogP contribution in [0.2, 0.25) is 0 Å². The van der Waals surface area contributed by atoms with E-state index in [9.17, 15) is 40.3 Å². The van der Waals surface area contributed by atoms with Gasteiger partial charge in [-0.05, 0) is 55.3 Å². The zero-order chi connectivity index (χ0) is 23.7. The average Bonchev–Trinajstić information content (AvgIpc) is 2.72. The number of likely N-dealkylation sites (tertiary alicyclic amines) is 1. The lowest BCUT2D eigenvalue weighted by molar-refractivity contribution is -0.143. The highest BCUT2D eigenvalue weighted by atomic mass is 19.4. The van der Waals surface area contributed by atoms with Crippen molar-refractivity contribution in [1.82, 2.24) is 4.90 Å². The Morgan fingerprint density at radius 3 is 1.81 bits per heavy atom. The van der Waals surface area contributed by atoms with E-state index in [4.69, 9.17) is 0 Å². The number of rotatable bonds is 3. The first-order valence-corrected chi connectivity index (χ1v) is 9.50. The number of hydrogen-bond acceptors (Lipinski definition) is 2. The molecule has 11 heteroatoms. The van der Waals surface area contributed by atoms with Gasteiger partial charge in [-0.2, -0.15) is 26.3 Å². The lowest BCUT2D eigenvalue weighted by atomic mass is 9.95. The number of anilines is 1. The summed E-state index contributed by atoms with van der Waals surface area (Å²) in [6, 6.07) is 5.79. The maximum Gasteiger partial charge on any atom is 0.416 e. The molecule has 2 aromatic rings. The molecule has 1 saturated heterocycles. The Hall–Kier alpha value is -3.11. The fraction of sp³-hybridized carbons (Fsp3) is 0.333. The molecule has 0 unspecified atom stereocenters. The molecule has 1 fully saturated rings. The van der Waals surface area contributed by atoms with Gasteiger partial charge in [0.05, 0.1) is 11.1 Å². The number of alkyl halides is 6. The molecule has 0 bridgehead atoms. The van der Waals surface area contributed by atoms with E-state index in [2.05, 4.69) is 5.32 Å². The fourth-order valence-corrected chi connectivity index (χ4v) is 3.39. The minimum absolute atomic E-state index is 0.0186. The summed E-state index contributed by atoms with van der Waals surface area (Å²) in [5.41, 5.74) is -3.40. The molecule has 1 aliphatic heterocycles. The Balaban J connectivity index is 1.67. The number of piperidine rings is 1. The van der Waals surface area contributed by atoms with Crippen LogP contribution < -0.4 is 5.32 Å². The van der Waals surface area contributed by atoms with E-state index in [-0.39, 0.29) is 43.5 Å². The molecular formula is C21H17F7N2O2. The summed E-state index contributed by atoms with van der Waals surface area (Å²) < 4.78 is 90.8. The van der Waals surface area contributed by atoms with Crippen LogP contribution in [0.5, 0.6) is 0 Å². The molecule has 0 aromatic heterocycles. The summed E-state index contributed by atoms with van der Waals surface area (Å²) in [6.07, 6.45) is -9.70. The lowest BCUT2D eigenvalue weighted by Crippen LogP contribution is -2.41. The van der Waals surface area contributed by atoms with Crippen molar-refractivity contribution < 1.29 is 40.3 Å². The second-order valence-electron chi connectivity index (χ2n) is 7.36. The van der Waals surface area contributed by atoms with Gasteiger partial charge in [-0.15, -0.1) is 0 Å². The van der Waals surface area contributed by atoms with Gasteiger partial charge in [0.2, 0.25) is 5.91 Å². The smallest absolute Gasteiger partial charge is 0.339 e. The van der Waals surface area contributed by atoms with Crippen LogP contribution in [0.4, 0.5) is 36.4 Å². The zero-order valence-corrected chi connectivity index (χ0v) is 16.4. The molecular weight excluding hydrogens is 445 g/mol. The van der Waals surface area contributed by atoms with E-state index in [1.165, 1.54) is 17.0 Å². The number of benzene rings is 2. The van der Waals surface area contributed by atoms with Gasteiger partial charge in [-0.1, -0.05) is 0 Å². The first-order valence-electron chi connectivity index (χ1n) is 9.50. The third kappa shape index (κ3) is 5.57. The van der Waals surface area contributed by atoms with Crippen LogP contribution in [0.3, 0.4) is 0 Å². The number of carbonyl (C=O) groups is 2. The predicted octanol–water partition coefficient (Wildman–Crippen LogP) is 5.35. The standard InChI is InChI=1S/C21H17F7N2O2/c22-16-3-1-13(2-4-16)19(32)30-7-5-12(6-8-30)18(31)29-17-10-14(20(23,24)25)9-15(11-17)21(26,27)28/h1-4,9-12H,5-8H2,(H,29,31). The lowest BCUT2D eigenvalue weighted by Gasteiger charge is -2.31. The average molecular weight is 462 g/mol. The van der Waals surface area contributed by atoms with Crippen LogP contribution in [0.15, 0.2) is 42.5 Å². The van der Waals surface area contributed by atoms with Crippen LogP contribution in [0.1, 0.15) is 34.3 Å². The van der Waals surface area contributed by atoms with E-state index < -0.39 is 46.8 Å². The monoisotopic (exact) mass is 462 g/mol. The molecule has 32 heavy (non-hydrogen) atoms. The fourth-order valence-electron chi connectivity index (χ4n) is 3.39. The normalized spacial score (nSPS) is 15.5. The molecule has 1 heterocycles. The van der Waals surface area contributed by atoms with Gasteiger partial charge in [0.25, 0.3) is 5.91 Å². The van der Waals surface area contributed by atoms with Crippen molar-refractivity contribution in [3.8, 4) is 0 Å². The Kier molecular flexibility index (Phi) is 6.47. The third-order valence-corrected chi connectivity index (χ3v) is 5.10. The zero-order valence-electron chi connectivity index (χ0n) is 16.4. The van der Waals surface area contributed by atoms with Gasteiger partial charge >= 0.3 is 12.4 Å². The van der Waals surface area contributed by atoms with Crippen molar-refractivity contribution in [3.05, 3.63) is 65.0 Å². The Labute approximate surface area is 178 Å². The van der Waals surface area contributed by atoms with Crippen molar-refractivity contribution in [1.29, 1.82) is 0 Å². The van der Waals surface area contributed by atoms with Crippen molar-refractivity contribution in [2.45, 2.75) is 25.2 Å². The van der Waals surface area contributed by atoms with Crippen LogP contribution >= 0.6 is 0 Å².